The summed E-state index contributed by atoms with van der Waals surface area (Å²) in [5.74, 6) is -0.719. The fraction of sp³-hybridized carbons (Fsp3) is 0.727. The minimum absolute atomic E-state index is 0.00637. The zero-order valence-corrected chi connectivity index (χ0v) is 11.5. The average Bonchev–Trinajstić information content (AvgIpc) is 2.63. The molecule has 106 valence electrons. The van der Waals surface area contributed by atoms with Crippen LogP contribution in [-0.4, -0.2) is 58.7 Å². The van der Waals surface area contributed by atoms with Gasteiger partial charge in [-0.05, 0) is 13.8 Å². The Morgan fingerprint density at radius 3 is 2.84 bits per heavy atom. The molecule has 0 bridgehead atoms. The van der Waals surface area contributed by atoms with E-state index in [1.807, 2.05) is 13.8 Å². The van der Waals surface area contributed by atoms with Gasteiger partial charge < -0.3 is 20.1 Å². The van der Waals surface area contributed by atoms with Gasteiger partial charge in [-0.1, -0.05) is 0 Å². The summed E-state index contributed by atoms with van der Waals surface area (Å²) in [4.78, 5) is 35.2. The van der Waals surface area contributed by atoms with E-state index >= 15 is 0 Å². The lowest BCUT2D eigenvalue weighted by Crippen LogP contribution is -2.68. The van der Waals surface area contributed by atoms with Gasteiger partial charge in [0.25, 0.3) is 6.47 Å². The van der Waals surface area contributed by atoms with Crippen molar-refractivity contribution in [2.75, 3.05) is 13.2 Å². The number of rotatable bonds is 5. The second-order valence-electron chi connectivity index (χ2n) is 4.92. The van der Waals surface area contributed by atoms with Gasteiger partial charge in [-0.25, -0.2) is 4.79 Å². The number of ether oxygens (including phenoxy) is 2. The van der Waals surface area contributed by atoms with Crippen molar-refractivity contribution in [1.82, 2.24) is 4.90 Å². The van der Waals surface area contributed by atoms with Crippen LogP contribution in [0.3, 0.4) is 0 Å². The number of amides is 1. The zero-order chi connectivity index (χ0) is 14.2. The molecule has 7 nitrogen and oxygen atoms in total. The highest BCUT2D eigenvalue weighted by Gasteiger charge is 2.63. The third-order valence-electron chi connectivity index (χ3n) is 3.22. The average molecular weight is 288 g/mol. The van der Waals surface area contributed by atoms with E-state index in [0.29, 0.717) is 0 Å². The number of hydrogen-bond acceptors (Lipinski definition) is 7. The van der Waals surface area contributed by atoms with E-state index in [1.54, 1.807) is 0 Å². The first-order valence-corrected chi connectivity index (χ1v) is 6.75. The second-order valence-corrected chi connectivity index (χ2v) is 6.69. The highest BCUT2D eigenvalue weighted by Crippen LogP contribution is 2.50. The van der Waals surface area contributed by atoms with Crippen molar-refractivity contribution in [3.05, 3.63) is 0 Å². The largest absolute Gasteiger partial charge is 0.464 e. The number of esters is 1. The fourth-order valence-corrected chi connectivity index (χ4v) is 3.90. The lowest BCUT2D eigenvalue weighted by Gasteiger charge is -2.41. The summed E-state index contributed by atoms with van der Waals surface area (Å²) in [5, 5.41) is -0.161. The van der Waals surface area contributed by atoms with E-state index < -0.39 is 22.8 Å². The molecule has 8 heteroatoms. The second kappa shape index (κ2) is 5.01. The summed E-state index contributed by atoms with van der Waals surface area (Å²) in [7, 11) is 0. The molecule has 2 saturated heterocycles. The first kappa shape index (κ1) is 14.1. The van der Waals surface area contributed by atoms with Crippen LogP contribution < -0.4 is 5.73 Å². The molecule has 0 aliphatic carbocycles. The number of fused-ring (bicyclic) bond motifs is 1. The van der Waals surface area contributed by atoms with Crippen molar-refractivity contribution in [2.24, 2.45) is 5.73 Å². The van der Waals surface area contributed by atoms with Crippen LogP contribution in [0.15, 0.2) is 0 Å². The molecule has 1 amide bonds. The predicted molar refractivity (Wildman–Crippen MR) is 67.0 cm³/mol. The van der Waals surface area contributed by atoms with E-state index in [9.17, 15) is 14.4 Å². The Balaban J connectivity index is 1.99. The maximum Gasteiger partial charge on any atom is 0.330 e. The topological polar surface area (TPSA) is 98.9 Å². The number of thioether (sulfide) groups is 1. The zero-order valence-electron chi connectivity index (χ0n) is 10.7. The molecule has 2 aliphatic rings. The molecule has 0 aromatic heterocycles. The molecule has 2 fully saturated rings. The Kier molecular flexibility index (Phi) is 3.73. The van der Waals surface area contributed by atoms with Gasteiger partial charge in [0, 0.05) is 4.75 Å². The Bertz CT molecular complexity index is 414. The third-order valence-corrected chi connectivity index (χ3v) is 4.81. The van der Waals surface area contributed by atoms with Crippen molar-refractivity contribution in [3.8, 4) is 0 Å². The van der Waals surface area contributed by atoms with Crippen LogP contribution in [0.4, 0.5) is 0 Å². The summed E-state index contributed by atoms with van der Waals surface area (Å²) in [6.07, 6.45) is 0. The van der Waals surface area contributed by atoms with E-state index in [1.165, 1.54) is 16.7 Å². The maximum atomic E-state index is 12.1. The number of β-lactam (4-membered cyclic amide) rings is 1. The highest BCUT2D eigenvalue weighted by atomic mass is 32.2. The van der Waals surface area contributed by atoms with Crippen molar-refractivity contribution in [2.45, 2.75) is 36.1 Å². The summed E-state index contributed by atoms with van der Waals surface area (Å²) >= 11 is 1.50. The monoisotopic (exact) mass is 288 g/mol. The van der Waals surface area contributed by atoms with Gasteiger partial charge in [-0.2, -0.15) is 0 Å². The van der Waals surface area contributed by atoms with Crippen LogP contribution in [0.25, 0.3) is 0 Å². The number of hydrogen-bond donors (Lipinski definition) is 1. The van der Waals surface area contributed by atoms with Crippen molar-refractivity contribution in [1.29, 1.82) is 0 Å². The molecule has 2 N–H and O–H groups in total. The highest BCUT2D eigenvalue weighted by molar-refractivity contribution is 8.01. The fourth-order valence-electron chi connectivity index (χ4n) is 2.34. The van der Waals surface area contributed by atoms with Gasteiger partial charge >= 0.3 is 5.97 Å². The lowest BCUT2D eigenvalue weighted by atomic mass is 9.96. The minimum Gasteiger partial charge on any atom is -0.464 e. The van der Waals surface area contributed by atoms with Crippen LogP contribution in [-0.2, 0) is 23.9 Å². The van der Waals surface area contributed by atoms with E-state index in [-0.39, 0.29) is 31.0 Å². The van der Waals surface area contributed by atoms with Crippen molar-refractivity contribution in [3.63, 3.8) is 0 Å². The van der Waals surface area contributed by atoms with Crippen LogP contribution in [0.5, 0.6) is 0 Å². The molecule has 3 atom stereocenters. The summed E-state index contributed by atoms with van der Waals surface area (Å²) < 4.78 is 9.02. The molecule has 19 heavy (non-hydrogen) atoms. The van der Waals surface area contributed by atoms with Gasteiger partial charge in [-0.3, -0.25) is 9.59 Å². The Morgan fingerprint density at radius 2 is 2.21 bits per heavy atom. The number of carbonyl (C=O) groups excluding carboxylic acids is 3. The first-order chi connectivity index (χ1) is 8.90. The maximum absolute atomic E-state index is 12.1. The van der Waals surface area contributed by atoms with Gasteiger partial charge in [-0.15, -0.1) is 11.8 Å². The quantitative estimate of drug-likeness (QED) is 0.303. The Hall–Kier alpha value is -1.28. The molecular weight excluding hydrogens is 272 g/mol. The Labute approximate surface area is 114 Å². The molecule has 0 unspecified atom stereocenters. The molecule has 0 saturated carbocycles. The smallest absolute Gasteiger partial charge is 0.330 e. The molecule has 0 radical (unpaired) electrons. The number of nitrogens with two attached hydrogens (primary N) is 1. The van der Waals surface area contributed by atoms with Gasteiger partial charge in [0.1, 0.15) is 30.7 Å². The molecular formula is C11H16N2O5S. The van der Waals surface area contributed by atoms with Gasteiger partial charge in [0.2, 0.25) is 5.91 Å². The summed E-state index contributed by atoms with van der Waals surface area (Å²) in [6.45, 7) is 4.03. The van der Waals surface area contributed by atoms with E-state index in [4.69, 9.17) is 10.5 Å². The van der Waals surface area contributed by atoms with E-state index in [0.717, 1.165) is 0 Å². The number of carbonyl (C=O) groups is 3. The normalized spacial score (nSPS) is 31.4. The van der Waals surface area contributed by atoms with Crippen molar-refractivity contribution >= 4 is 30.1 Å². The molecule has 2 aliphatic heterocycles. The summed E-state index contributed by atoms with van der Waals surface area (Å²) in [5.41, 5.74) is 5.71. The minimum atomic E-state index is -0.647. The van der Waals surface area contributed by atoms with E-state index in [2.05, 4.69) is 4.74 Å². The van der Waals surface area contributed by atoms with Crippen LogP contribution in [0.2, 0.25) is 0 Å². The molecule has 0 aromatic carbocycles. The molecule has 0 spiro atoms. The van der Waals surface area contributed by atoms with Crippen molar-refractivity contribution < 1.29 is 23.9 Å². The molecule has 0 aromatic rings. The Morgan fingerprint density at radius 1 is 1.53 bits per heavy atom. The SMILES string of the molecule is CC1(C)S[C@@H]2[C@H](N)C(=O)N2[C@H]1C(=O)OCCOC=O. The van der Waals surface area contributed by atoms with Crippen LogP contribution in [0, 0.1) is 0 Å². The lowest BCUT2D eigenvalue weighted by molar-refractivity contribution is -0.164. The van der Waals surface area contributed by atoms with Crippen LogP contribution in [0.1, 0.15) is 13.8 Å². The van der Waals surface area contributed by atoms with Crippen LogP contribution >= 0.6 is 11.8 Å². The van der Waals surface area contributed by atoms with Gasteiger partial charge in [0.05, 0.1) is 0 Å². The first-order valence-electron chi connectivity index (χ1n) is 5.87. The summed E-state index contributed by atoms with van der Waals surface area (Å²) in [6, 6.07) is -1.19. The van der Waals surface area contributed by atoms with Gasteiger partial charge in [0.15, 0.2) is 0 Å². The molecule has 2 heterocycles. The third kappa shape index (κ3) is 2.30. The number of nitrogens with zero attached hydrogens (tertiary/aromatic N) is 1. The molecule has 2 rings (SSSR count). The standard InChI is InChI=1S/C11H16N2O5S/c1-11(2)7(10(16)18-4-3-17-5-14)13-8(15)6(12)9(13)19-11/h5-7,9H,3-4,12H2,1-2H3/t6-,7+,9-/m1/s1. The predicted octanol–water partition coefficient (Wildman–Crippen LogP) is -0.908.